The van der Waals surface area contributed by atoms with E-state index < -0.39 is 0 Å². The maximum absolute atomic E-state index is 9.98. The first kappa shape index (κ1) is 16.2. The Morgan fingerprint density at radius 1 is 1.14 bits per heavy atom. The summed E-state index contributed by atoms with van der Waals surface area (Å²) in [5, 5.41) is 9.98. The Balaban J connectivity index is 2.14. The van der Waals surface area contributed by atoms with Crippen molar-refractivity contribution < 1.29 is 5.11 Å². The molecule has 0 fully saturated rings. The van der Waals surface area contributed by atoms with Gasteiger partial charge in [-0.2, -0.15) is 0 Å². The van der Waals surface area contributed by atoms with Gasteiger partial charge in [-0.3, -0.25) is 4.99 Å². The highest BCUT2D eigenvalue weighted by Gasteiger charge is 2.05. The zero-order valence-electron chi connectivity index (χ0n) is 11.8. The summed E-state index contributed by atoms with van der Waals surface area (Å²) < 4.78 is 1.54. The van der Waals surface area contributed by atoms with Crippen molar-refractivity contribution in [1.29, 1.82) is 0 Å². The van der Waals surface area contributed by atoms with Crippen molar-refractivity contribution in [3.8, 4) is 5.75 Å². The zero-order valence-corrected chi connectivity index (χ0v) is 15.0. The van der Waals surface area contributed by atoms with Crippen LogP contribution in [0.3, 0.4) is 0 Å². The molecule has 0 atom stereocenters. The number of phenols is 1. The number of rotatable bonds is 5. The van der Waals surface area contributed by atoms with E-state index in [1.807, 2.05) is 18.2 Å². The van der Waals surface area contributed by atoms with Gasteiger partial charge in [-0.25, -0.2) is 0 Å². The van der Waals surface area contributed by atoms with E-state index in [1.165, 1.54) is 18.4 Å². The van der Waals surface area contributed by atoms with Crippen LogP contribution in [-0.2, 0) is 6.42 Å². The molecule has 110 valence electrons. The van der Waals surface area contributed by atoms with Crippen LogP contribution in [0.15, 0.2) is 50.3 Å². The van der Waals surface area contributed by atoms with Gasteiger partial charge in [0.25, 0.3) is 0 Å². The van der Waals surface area contributed by atoms with Crippen molar-refractivity contribution in [3.63, 3.8) is 0 Å². The Morgan fingerprint density at radius 3 is 2.52 bits per heavy atom. The van der Waals surface area contributed by atoms with Crippen LogP contribution in [0.4, 0.5) is 5.69 Å². The van der Waals surface area contributed by atoms with E-state index in [2.05, 4.69) is 55.9 Å². The molecular weight excluding hydrogens is 394 g/mol. The number of unbranched alkanes of at least 4 members (excludes halogenated alkanes) is 1. The lowest BCUT2D eigenvalue weighted by Crippen LogP contribution is -1.85. The number of aryl methyl sites for hydroxylation is 1. The molecule has 2 nitrogen and oxygen atoms in total. The molecule has 0 aromatic heterocycles. The standard InChI is InChI=1S/C17H17Br2NO/c1-2-3-4-12-5-7-15(8-6-12)20-11-13-9-14(18)10-16(19)17(13)21/h5-11,21H,2-4H2,1H3. The molecule has 21 heavy (non-hydrogen) atoms. The van der Waals surface area contributed by atoms with Gasteiger partial charge in [0.15, 0.2) is 0 Å². The summed E-state index contributed by atoms with van der Waals surface area (Å²) in [7, 11) is 0. The van der Waals surface area contributed by atoms with Crippen molar-refractivity contribution >= 4 is 43.8 Å². The van der Waals surface area contributed by atoms with Crippen LogP contribution in [0.1, 0.15) is 30.9 Å². The molecule has 0 saturated heterocycles. The third-order valence-corrected chi connectivity index (χ3v) is 4.23. The fraction of sp³-hybridized carbons (Fsp3) is 0.235. The first-order valence-corrected chi connectivity index (χ1v) is 8.49. The highest BCUT2D eigenvalue weighted by Crippen LogP contribution is 2.31. The lowest BCUT2D eigenvalue weighted by molar-refractivity contribution is 0.471. The Hall–Kier alpha value is -1.13. The molecule has 2 aromatic rings. The molecule has 0 bridgehead atoms. The van der Waals surface area contributed by atoms with E-state index in [9.17, 15) is 5.11 Å². The van der Waals surface area contributed by atoms with Crippen molar-refractivity contribution in [2.24, 2.45) is 4.99 Å². The molecule has 0 aliphatic carbocycles. The SMILES string of the molecule is CCCCc1ccc(N=Cc2cc(Br)cc(Br)c2O)cc1. The minimum absolute atomic E-state index is 0.196. The van der Waals surface area contributed by atoms with Crippen LogP contribution < -0.4 is 0 Å². The van der Waals surface area contributed by atoms with Gasteiger partial charge in [0, 0.05) is 16.3 Å². The molecule has 0 spiro atoms. The monoisotopic (exact) mass is 409 g/mol. The first-order valence-electron chi connectivity index (χ1n) is 6.91. The lowest BCUT2D eigenvalue weighted by Gasteiger charge is -2.03. The molecule has 1 N–H and O–H groups in total. The summed E-state index contributed by atoms with van der Waals surface area (Å²) in [5.41, 5.74) is 2.89. The summed E-state index contributed by atoms with van der Waals surface area (Å²) in [6.45, 7) is 2.20. The zero-order chi connectivity index (χ0) is 15.2. The summed E-state index contributed by atoms with van der Waals surface area (Å²) in [4.78, 5) is 4.41. The van der Waals surface area contributed by atoms with E-state index in [0.29, 0.717) is 10.0 Å². The lowest BCUT2D eigenvalue weighted by atomic mass is 10.1. The summed E-state index contributed by atoms with van der Waals surface area (Å²) >= 11 is 6.72. The normalized spacial score (nSPS) is 11.2. The third-order valence-electron chi connectivity index (χ3n) is 3.17. The number of hydrogen-bond acceptors (Lipinski definition) is 2. The minimum atomic E-state index is 0.196. The number of aliphatic imine (C=N–C) groups is 1. The smallest absolute Gasteiger partial charge is 0.138 e. The Bertz CT molecular complexity index is 636. The molecule has 2 aromatic carbocycles. The van der Waals surface area contributed by atoms with Crippen LogP contribution in [0.25, 0.3) is 0 Å². The number of aromatic hydroxyl groups is 1. The second kappa shape index (κ2) is 7.76. The summed E-state index contributed by atoms with van der Waals surface area (Å²) in [6, 6.07) is 11.9. The van der Waals surface area contributed by atoms with E-state index in [4.69, 9.17) is 0 Å². The fourth-order valence-corrected chi connectivity index (χ4v) is 3.22. The van der Waals surface area contributed by atoms with Gasteiger partial charge in [0.05, 0.1) is 10.2 Å². The highest BCUT2D eigenvalue weighted by atomic mass is 79.9. The Labute approximate surface area is 142 Å². The van der Waals surface area contributed by atoms with Gasteiger partial charge in [-0.05, 0) is 58.6 Å². The number of benzene rings is 2. The highest BCUT2D eigenvalue weighted by molar-refractivity contribution is 9.11. The topological polar surface area (TPSA) is 32.6 Å². The fourth-order valence-electron chi connectivity index (χ4n) is 1.96. The summed E-state index contributed by atoms with van der Waals surface area (Å²) in [5.74, 6) is 0.196. The average Bonchev–Trinajstić information content (AvgIpc) is 2.48. The first-order chi connectivity index (χ1) is 10.1. The van der Waals surface area contributed by atoms with E-state index >= 15 is 0 Å². The van der Waals surface area contributed by atoms with Crippen molar-refractivity contribution in [3.05, 3.63) is 56.5 Å². The number of nitrogens with zero attached hydrogens (tertiary/aromatic N) is 1. The Kier molecular flexibility index (Phi) is 6.00. The second-order valence-electron chi connectivity index (χ2n) is 4.85. The Morgan fingerprint density at radius 2 is 1.86 bits per heavy atom. The number of phenolic OH excluding ortho intramolecular Hbond substituents is 1. The van der Waals surface area contributed by atoms with Crippen molar-refractivity contribution in [1.82, 2.24) is 0 Å². The molecule has 0 heterocycles. The van der Waals surface area contributed by atoms with E-state index in [1.54, 1.807) is 12.3 Å². The summed E-state index contributed by atoms with van der Waals surface area (Å²) in [6.07, 6.45) is 5.20. The van der Waals surface area contributed by atoms with Gasteiger partial charge < -0.3 is 5.11 Å². The predicted molar refractivity (Wildman–Crippen MR) is 95.8 cm³/mol. The van der Waals surface area contributed by atoms with Crippen molar-refractivity contribution in [2.75, 3.05) is 0 Å². The molecular formula is C17H17Br2NO. The molecule has 2 rings (SSSR count). The van der Waals surface area contributed by atoms with Gasteiger partial charge >= 0.3 is 0 Å². The average molecular weight is 411 g/mol. The molecule has 0 aliphatic heterocycles. The van der Waals surface area contributed by atoms with E-state index in [-0.39, 0.29) is 5.75 Å². The van der Waals surface area contributed by atoms with Crippen LogP contribution in [-0.4, -0.2) is 11.3 Å². The molecule has 0 radical (unpaired) electrons. The van der Waals surface area contributed by atoms with Gasteiger partial charge in [0.1, 0.15) is 5.75 Å². The number of halogens is 2. The van der Waals surface area contributed by atoms with Gasteiger partial charge in [-0.15, -0.1) is 0 Å². The quantitative estimate of drug-likeness (QED) is 0.601. The molecule has 0 amide bonds. The molecule has 0 aliphatic rings. The molecule has 0 saturated carbocycles. The number of hydrogen-bond donors (Lipinski definition) is 1. The molecule has 4 heteroatoms. The third kappa shape index (κ3) is 4.68. The maximum Gasteiger partial charge on any atom is 0.138 e. The minimum Gasteiger partial charge on any atom is -0.506 e. The van der Waals surface area contributed by atoms with Gasteiger partial charge in [0.2, 0.25) is 0 Å². The second-order valence-corrected chi connectivity index (χ2v) is 6.62. The van der Waals surface area contributed by atoms with Crippen molar-refractivity contribution in [2.45, 2.75) is 26.2 Å². The van der Waals surface area contributed by atoms with E-state index in [0.717, 1.165) is 16.6 Å². The maximum atomic E-state index is 9.98. The molecule has 0 unspecified atom stereocenters. The predicted octanol–water partition coefficient (Wildman–Crippen LogP) is 6.01. The van der Waals surface area contributed by atoms with Crippen LogP contribution in [0.2, 0.25) is 0 Å². The van der Waals surface area contributed by atoms with Crippen LogP contribution >= 0.6 is 31.9 Å². The van der Waals surface area contributed by atoms with Crippen LogP contribution in [0.5, 0.6) is 5.75 Å². The van der Waals surface area contributed by atoms with Gasteiger partial charge in [-0.1, -0.05) is 41.4 Å². The van der Waals surface area contributed by atoms with Crippen LogP contribution in [0, 0.1) is 0 Å². The largest absolute Gasteiger partial charge is 0.506 e.